The summed E-state index contributed by atoms with van der Waals surface area (Å²) in [5.74, 6) is 0.416. The molecule has 0 amide bonds. The van der Waals surface area contributed by atoms with Gasteiger partial charge in [-0.3, -0.25) is 0 Å². The number of halogens is 1. The maximum absolute atomic E-state index is 10.3. The van der Waals surface area contributed by atoms with Crippen LogP contribution in [0.4, 0.5) is 0 Å². The average Bonchev–Trinajstić information content (AvgIpc) is 2.83. The van der Waals surface area contributed by atoms with E-state index in [0.29, 0.717) is 5.92 Å². The third-order valence-corrected chi connectivity index (χ3v) is 3.71. The minimum absolute atomic E-state index is 0.416. The molecule has 1 aliphatic carbocycles. The largest absolute Gasteiger partial charge is 0.385 e. The molecule has 14 heavy (non-hydrogen) atoms. The lowest BCUT2D eigenvalue weighted by Gasteiger charge is -2.14. The first kappa shape index (κ1) is 10.0. The molecule has 1 N–H and O–H groups in total. The molecule has 2 atom stereocenters. The van der Waals surface area contributed by atoms with Crippen LogP contribution in [0.15, 0.2) is 18.2 Å². The summed E-state index contributed by atoms with van der Waals surface area (Å²) in [4.78, 5) is 0. The molecule has 0 saturated heterocycles. The van der Waals surface area contributed by atoms with E-state index in [9.17, 15) is 5.11 Å². The van der Waals surface area contributed by atoms with Crippen LogP contribution in [0.2, 0.25) is 5.02 Å². The van der Waals surface area contributed by atoms with Crippen molar-refractivity contribution in [2.45, 2.75) is 32.3 Å². The molecule has 0 aliphatic heterocycles. The van der Waals surface area contributed by atoms with Crippen molar-refractivity contribution in [1.29, 1.82) is 0 Å². The molecule has 0 spiro atoms. The third kappa shape index (κ3) is 1.35. The SMILES string of the molecule is CCC1CC1(O)c1cccc(Cl)c1C. The Hall–Kier alpha value is -0.530. The lowest BCUT2D eigenvalue weighted by molar-refractivity contribution is 0.129. The fourth-order valence-corrected chi connectivity index (χ4v) is 2.38. The predicted molar refractivity (Wildman–Crippen MR) is 58.5 cm³/mol. The predicted octanol–water partition coefficient (Wildman–Crippen LogP) is 3.27. The Morgan fingerprint density at radius 3 is 2.86 bits per heavy atom. The van der Waals surface area contributed by atoms with Crippen molar-refractivity contribution >= 4 is 11.6 Å². The van der Waals surface area contributed by atoms with Gasteiger partial charge in [0, 0.05) is 5.02 Å². The Morgan fingerprint density at radius 2 is 2.29 bits per heavy atom. The zero-order valence-electron chi connectivity index (χ0n) is 8.55. The van der Waals surface area contributed by atoms with Crippen LogP contribution in [-0.4, -0.2) is 5.11 Å². The number of aliphatic hydroxyl groups is 1. The van der Waals surface area contributed by atoms with Gasteiger partial charge in [-0.25, -0.2) is 0 Å². The van der Waals surface area contributed by atoms with Crippen molar-refractivity contribution in [3.05, 3.63) is 34.3 Å². The van der Waals surface area contributed by atoms with E-state index in [1.807, 2.05) is 25.1 Å². The molecule has 2 rings (SSSR count). The van der Waals surface area contributed by atoms with E-state index in [2.05, 4.69) is 6.92 Å². The molecule has 76 valence electrons. The standard InChI is InChI=1S/C12H15ClO/c1-3-9-7-12(9,14)10-5-4-6-11(13)8(10)2/h4-6,9,14H,3,7H2,1-2H3. The highest BCUT2D eigenvalue weighted by Gasteiger charge is 2.53. The molecule has 2 heteroatoms. The van der Waals surface area contributed by atoms with Crippen LogP contribution < -0.4 is 0 Å². The molecule has 1 nitrogen and oxygen atoms in total. The summed E-state index contributed by atoms with van der Waals surface area (Å²) in [6.45, 7) is 4.09. The number of benzene rings is 1. The van der Waals surface area contributed by atoms with Crippen LogP contribution in [0.25, 0.3) is 0 Å². The van der Waals surface area contributed by atoms with Gasteiger partial charge in [-0.15, -0.1) is 0 Å². The molecule has 1 aromatic carbocycles. The fourth-order valence-electron chi connectivity index (χ4n) is 2.21. The molecular weight excluding hydrogens is 196 g/mol. The van der Waals surface area contributed by atoms with Gasteiger partial charge < -0.3 is 5.11 Å². The van der Waals surface area contributed by atoms with Gasteiger partial charge in [-0.05, 0) is 36.5 Å². The highest BCUT2D eigenvalue weighted by molar-refractivity contribution is 6.31. The van der Waals surface area contributed by atoms with Crippen molar-refractivity contribution in [2.75, 3.05) is 0 Å². The first-order chi connectivity index (χ1) is 6.59. The van der Waals surface area contributed by atoms with Crippen LogP contribution in [-0.2, 0) is 5.60 Å². The maximum atomic E-state index is 10.3. The normalized spacial score (nSPS) is 30.4. The second-order valence-corrected chi connectivity index (χ2v) is 4.55. The van der Waals surface area contributed by atoms with Crippen LogP contribution in [0.5, 0.6) is 0 Å². The average molecular weight is 211 g/mol. The number of hydrogen-bond donors (Lipinski definition) is 1. The van der Waals surface area contributed by atoms with Crippen molar-refractivity contribution in [2.24, 2.45) is 5.92 Å². The molecule has 2 unspecified atom stereocenters. The van der Waals surface area contributed by atoms with Crippen LogP contribution in [0.1, 0.15) is 30.9 Å². The number of hydrogen-bond acceptors (Lipinski definition) is 1. The molecule has 0 aromatic heterocycles. The minimum Gasteiger partial charge on any atom is -0.385 e. The molecule has 1 aromatic rings. The van der Waals surface area contributed by atoms with Crippen molar-refractivity contribution in [3.8, 4) is 0 Å². The zero-order chi connectivity index (χ0) is 10.3. The van der Waals surface area contributed by atoms with E-state index < -0.39 is 5.60 Å². The Kier molecular flexibility index (Phi) is 2.32. The van der Waals surface area contributed by atoms with Gasteiger partial charge in [-0.1, -0.05) is 37.1 Å². The monoisotopic (exact) mass is 210 g/mol. The maximum Gasteiger partial charge on any atom is 0.0932 e. The topological polar surface area (TPSA) is 20.2 Å². The van der Waals surface area contributed by atoms with E-state index >= 15 is 0 Å². The Labute approximate surface area is 89.7 Å². The third-order valence-electron chi connectivity index (χ3n) is 3.30. The highest BCUT2D eigenvalue weighted by atomic mass is 35.5. The quantitative estimate of drug-likeness (QED) is 0.795. The van der Waals surface area contributed by atoms with Gasteiger partial charge in [0.2, 0.25) is 0 Å². The first-order valence-electron chi connectivity index (χ1n) is 5.07. The van der Waals surface area contributed by atoms with Gasteiger partial charge in [0.15, 0.2) is 0 Å². The fraction of sp³-hybridized carbons (Fsp3) is 0.500. The summed E-state index contributed by atoms with van der Waals surface area (Å²) >= 11 is 6.03. The van der Waals surface area contributed by atoms with Gasteiger partial charge in [0.1, 0.15) is 0 Å². The lowest BCUT2D eigenvalue weighted by atomic mass is 9.99. The number of rotatable bonds is 2. The van der Waals surface area contributed by atoms with Crippen LogP contribution in [0.3, 0.4) is 0 Å². The van der Waals surface area contributed by atoms with Crippen molar-refractivity contribution in [1.82, 2.24) is 0 Å². The van der Waals surface area contributed by atoms with Crippen LogP contribution >= 0.6 is 11.6 Å². The molecule has 1 saturated carbocycles. The first-order valence-corrected chi connectivity index (χ1v) is 5.45. The summed E-state index contributed by atoms with van der Waals surface area (Å²) in [5, 5.41) is 11.1. The summed E-state index contributed by atoms with van der Waals surface area (Å²) in [6.07, 6.45) is 1.91. The molecule has 0 radical (unpaired) electrons. The van der Waals surface area contributed by atoms with Gasteiger partial charge in [0.05, 0.1) is 5.60 Å². The van der Waals surface area contributed by atoms with E-state index in [0.717, 1.165) is 29.0 Å². The van der Waals surface area contributed by atoms with Gasteiger partial charge in [-0.2, -0.15) is 0 Å². The summed E-state index contributed by atoms with van der Waals surface area (Å²) in [7, 11) is 0. The Bertz CT molecular complexity index is 361. The molecule has 1 fully saturated rings. The van der Waals surface area contributed by atoms with Crippen LogP contribution in [0, 0.1) is 12.8 Å². The zero-order valence-corrected chi connectivity index (χ0v) is 9.30. The molecule has 1 aliphatic rings. The van der Waals surface area contributed by atoms with Gasteiger partial charge in [0.25, 0.3) is 0 Å². The second-order valence-electron chi connectivity index (χ2n) is 4.15. The summed E-state index contributed by atoms with van der Waals surface area (Å²) < 4.78 is 0. The van der Waals surface area contributed by atoms with E-state index in [-0.39, 0.29) is 0 Å². The molecule has 0 bridgehead atoms. The van der Waals surface area contributed by atoms with Crippen molar-refractivity contribution < 1.29 is 5.11 Å². The van der Waals surface area contributed by atoms with E-state index in [1.54, 1.807) is 0 Å². The second kappa shape index (κ2) is 3.25. The van der Waals surface area contributed by atoms with E-state index in [4.69, 9.17) is 11.6 Å². The molecule has 0 heterocycles. The highest BCUT2D eigenvalue weighted by Crippen LogP contribution is 2.54. The van der Waals surface area contributed by atoms with E-state index in [1.165, 1.54) is 0 Å². The summed E-state index contributed by atoms with van der Waals surface area (Å²) in [6, 6.07) is 5.76. The van der Waals surface area contributed by atoms with Gasteiger partial charge >= 0.3 is 0 Å². The lowest BCUT2D eigenvalue weighted by Crippen LogP contribution is -2.10. The summed E-state index contributed by atoms with van der Waals surface area (Å²) in [5.41, 5.74) is 1.44. The minimum atomic E-state index is -0.594. The smallest absolute Gasteiger partial charge is 0.0932 e. The Morgan fingerprint density at radius 1 is 1.57 bits per heavy atom. The van der Waals surface area contributed by atoms with Crippen molar-refractivity contribution in [3.63, 3.8) is 0 Å². The molecular formula is C12H15ClO. The Balaban J connectivity index is 2.39.